The summed E-state index contributed by atoms with van der Waals surface area (Å²) in [6, 6.07) is 11.6. The molecule has 1 heterocycles. The maximum absolute atomic E-state index is 13.0. The van der Waals surface area contributed by atoms with Gasteiger partial charge in [-0.2, -0.15) is 0 Å². The molecule has 0 aromatic heterocycles. The molecule has 1 N–H and O–H groups in total. The zero-order valence-electron chi connectivity index (χ0n) is 14.9. The van der Waals surface area contributed by atoms with Crippen LogP contribution in [0.15, 0.2) is 53.4 Å². The number of nitrogens with zero attached hydrogens (tertiary/aromatic N) is 1. The summed E-state index contributed by atoms with van der Waals surface area (Å²) in [6.07, 6.45) is 0.665. The Bertz CT molecular complexity index is 908. The molecular weight excluding hydrogens is 371 g/mol. The number of benzene rings is 2. The minimum absolute atomic E-state index is 0.112. The van der Waals surface area contributed by atoms with Gasteiger partial charge < -0.3 is 15.0 Å². The van der Waals surface area contributed by atoms with Crippen LogP contribution in [0, 0.1) is 5.82 Å². The minimum atomic E-state index is -3.54. The fourth-order valence-electron chi connectivity index (χ4n) is 3.13. The number of hydrogen-bond donors (Lipinski definition) is 1. The maximum Gasteiger partial charge on any atom is 0.321 e. The van der Waals surface area contributed by atoms with Gasteiger partial charge in [-0.3, -0.25) is 0 Å². The third-order valence-corrected chi connectivity index (χ3v) is 6.94. The van der Waals surface area contributed by atoms with Crippen molar-refractivity contribution in [2.75, 3.05) is 25.5 Å². The fourth-order valence-corrected chi connectivity index (χ4v) is 4.86. The molecule has 0 radical (unpaired) electrons. The van der Waals surface area contributed by atoms with Crippen LogP contribution in [0.2, 0.25) is 0 Å². The first kappa shape index (κ1) is 19.2. The number of sulfone groups is 1. The smallest absolute Gasteiger partial charge is 0.321 e. The Hall–Kier alpha value is -2.61. The molecule has 2 aromatic carbocycles. The van der Waals surface area contributed by atoms with E-state index in [1.165, 1.54) is 19.2 Å². The summed E-state index contributed by atoms with van der Waals surface area (Å²) in [5.74, 6) is 0.0800. The topological polar surface area (TPSA) is 75.7 Å². The van der Waals surface area contributed by atoms with Gasteiger partial charge in [0.1, 0.15) is 11.6 Å². The van der Waals surface area contributed by atoms with E-state index in [9.17, 15) is 17.6 Å². The van der Waals surface area contributed by atoms with E-state index in [1.54, 1.807) is 29.2 Å². The van der Waals surface area contributed by atoms with Gasteiger partial charge in [0, 0.05) is 13.1 Å². The van der Waals surface area contributed by atoms with Gasteiger partial charge in [0.2, 0.25) is 0 Å². The molecule has 3 rings (SSSR count). The number of nitrogens with one attached hydrogen (secondary N) is 1. The van der Waals surface area contributed by atoms with E-state index >= 15 is 0 Å². The molecule has 27 heavy (non-hydrogen) atoms. The zero-order chi connectivity index (χ0) is 19.4. The van der Waals surface area contributed by atoms with Crippen molar-refractivity contribution in [2.24, 2.45) is 0 Å². The van der Waals surface area contributed by atoms with Crippen molar-refractivity contribution in [2.45, 2.75) is 23.0 Å². The second-order valence-electron chi connectivity index (χ2n) is 6.32. The lowest BCUT2D eigenvalue weighted by Crippen LogP contribution is -2.44. The standard InChI is InChI=1S/C19H21FN2O4S/c1-26-18-5-3-2-4-17(18)21-19(23)22-12-10-16(11-13-22)27(24,25)15-8-6-14(20)7-9-15/h2-9,16H,10-13H2,1H3,(H,21,23). The number of para-hydroxylation sites is 2. The number of carbonyl (C=O) groups is 1. The largest absolute Gasteiger partial charge is 0.495 e. The number of piperidine rings is 1. The first-order valence-electron chi connectivity index (χ1n) is 8.60. The van der Waals surface area contributed by atoms with Gasteiger partial charge in [-0.15, -0.1) is 0 Å². The zero-order valence-corrected chi connectivity index (χ0v) is 15.7. The van der Waals surface area contributed by atoms with Crippen LogP contribution in [0.25, 0.3) is 0 Å². The Kier molecular flexibility index (Phi) is 5.65. The number of methoxy groups -OCH3 is 1. The van der Waals surface area contributed by atoms with Crippen molar-refractivity contribution in [3.8, 4) is 5.75 Å². The molecule has 0 saturated carbocycles. The average molecular weight is 392 g/mol. The highest BCUT2D eigenvalue weighted by Gasteiger charge is 2.32. The van der Waals surface area contributed by atoms with Crippen molar-refractivity contribution >= 4 is 21.6 Å². The third kappa shape index (κ3) is 4.21. The van der Waals surface area contributed by atoms with Crippen LogP contribution >= 0.6 is 0 Å². The highest BCUT2D eigenvalue weighted by molar-refractivity contribution is 7.92. The molecule has 144 valence electrons. The van der Waals surface area contributed by atoms with Crippen molar-refractivity contribution in [3.05, 3.63) is 54.3 Å². The number of likely N-dealkylation sites (tertiary alicyclic amines) is 1. The Labute approximate surface area is 157 Å². The van der Waals surface area contributed by atoms with E-state index in [4.69, 9.17) is 4.74 Å². The number of hydrogen-bond acceptors (Lipinski definition) is 4. The van der Waals surface area contributed by atoms with Gasteiger partial charge in [-0.25, -0.2) is 17.6 Å². The van der Waals surface area contributed by atoms with Gasteiger partial charge in [0.05, 0.1) is 22.9 Å². The number of rotatable bonds is 4. The van der Waals surface area contributed by atoms with Crippen molar-refractivity contribution in [1.29, 1.82) is 0 Å². The second-order valence-corrected chi connectivity index (χ2v) is 8.54. The van der Waals surface area contributed by atoms with Crippen LogP contribution in [0.3, 0.4) is 0 Å². The van der Waals surface area contributed by atoms with Crippen LogP contribution < -0.4 is 10.1 Å². The Morgan fingerprint density at radius 1 is 1.11 bits per heavy atom. The highest BCUT2D eigenvalue weighted by atomic mass is 32.2. The average Bonchev–Trinajstić information content (AvgIpc) is 2.69. The molecule has 0 aliphatic carbocycles. The molecule has 2 aromatic rings. The van der Waals surface area contributed by atoms with Crippen molar-refractivity contribution in [3.63, 3.8) is 0 Å². The second kappa shape index (κ2) is 7.96. The molecular formula is C19H21FN2O4S. The van der Waals surface area contributed by atoms with Crippen LogP contribution in [0.5, 0.6) is 5.75 Å². The monoisotopic (exact) mass is 392 g/mol. The lowest BCUT2D eigenvalue weighted by molar-refractivity contribution is 0.200. The summed E-state index contributed by atoms with van der Waals surface area (Å²) < 4.78 is 43.6. The van der Waals surface area contributed by atoms with Gasteiger partial charge in [-0.1, -0.05) is 12.1 Å². The number of amides is 2. The molecule has 0 atom stereocenters. The van der Waals surface area contributed by atoms with Gasteiger partial charge >= 0.3 is 6.03 Å². The third-order valence-electron chi connectivity index (χ3n) is 4.66. The molecule has 1 aliphatic rings. The van der Waals surface area contributed by atoms with E-state index in [1.807, 2.05) is 0 Å². The quantitative estimate of drug-likeness (QED) is 0.810. The summed E-state index contributed by atoms with van der Waals surface area (Å²) in [5, 5.41) is 2.21. The van der Waals surface area contributed by atoms with Crippen molar-refractivity contribution in [1.82, 2.24) is 4.90 Å². The first-order chi connectivity index (χ1) is 12.9. The first-order valence-corrected chi connectivity index (χ1v) is 10.1. The number of urea groups is 1. The van der Waals surface area contributed by atoms with Gasteiger partial charge in [0.25, 0.3) is 0 Å². The molecule has 6 nitrogen and oxygen atoms in total. The molecule has 2 amide bonds. The highest BCUT2D eigenvalue weighted by Crippen LogP contribution is 2.27. The summed E-state index contributed by atoms with van der Waals surface area (Å²) >= 11 is 0. The molecule has 0 unspecified atom stereocenters. The van der Waals surface area contributed by atoms with Gasteiger partial charge in [-0.05, 0) is 49.2 Å². The van der Waals surface area contributed by atoms with Crippen LogP contribution in [0.1, 0.15) is 12.8 Å². The molecule has 1 saturated heterocycles. The molecule has 8 heteroatoms. The predicted octanol–water partition coefficient (Wildman–Crippen LogP) is 3.30. The SMILES string of the molecule is COc1ccccc1NC(=O)N1CCC(S(=O)(=O)c2ccc(F)cc2)CC1. The van der Waals surface area contributed by atoms with Crippen LogP contribution in [-0.4, -0.2) is 44.8 Å². The lowest BCUT2D eigenvalue weighted by atomic mass is 10.1. The number of carbonyl (C=O) groups excluding carboxylic acids is 1. The molecule has 1 fully saturated rings. The summed E-state index contributed by atoms with van der Waals surface area (Å²) in [6.45, 7) is 0.651. The number of anilines is 1. The summed E-state index contributed by atoms with van der Waals surface area (Å²) in [5.41, 5.74) is 0.561. The minimum Gasteiger partial charge on any atom is -0.495 e. The number of ether oxygens (including phenoxy) is 1. The number of halogens is 1. The van der Waals surface area contributed by atoms with Crippen LogP contribution in [-0.2, 0) is 9.84 Å². The Balaban J connectivity index is 1.63. The molecule has 0 bridgehead atoms. The Morgan fingerprint density at radius 2 is 1.74 bits per heavy atom. The lowest BCUT2D eigenvalue weighted by Gasteiger charge is -2.31. The maximum atomic E-state index is 13.0. The van der Waals surface area contributed by atoms with E-state index in [2.05, 4.69) is 5.32 Å². The van der Waals surface area contributed by atoms with E-state index < -0.39 is 20.9 Å². The predicted molar refractivity (Wildman–Crippen MR) is 100 cm³/mol. The van der Waals surface area contributed by atoms with Crippen LogP contribution in [0.4, 0.5) is 14.9 Å². The van der Waals surface area contributed by atoms with Crippen molar-refractivity contribution < 1.29 is 22.3 Å². The fraction of sp³-hybridized carbons (Fsp3) is 0.316. The molecule has 1 aliphatic heterocycles. The van der Waals surface area contributed by atoms with E-state index in [-0.39, 0.29) is 10.9 Å². The normalized spacial score (nSPS) is 15.4. The molecule has 0 spiro atoms. The Morgan fingerprint density at radius 3 is 2.37 bits per heavy atom. The summed E-state index contributed by atoms with van der Waals surface area (Å²) in [7, 11) is -2.02. The summed E-state index contributed by atoms with van der Waals surface area (Å²) in [4.78, 5) is 14.2. The van der Waals surface area contributed by atoms with E-state index in [0.717, 1.165) is 12.1 Å². The van der Waals surface area contributed by atoms with Gasteiger partial charge in [0.15, 0.2) is 9.84 Å². The van der Waals surface area contributed by atoms with E-state index in [0.29, 0.717) is 37.4 Å².